The highest BCUT2D eigenvalue weighted by Crippen LogP contribution is 2.09. The van der Waals surface area contributed by atoms with Crippen molar-refractivity contribution in [3.63, 3.8) is 0 Å². The van der Waals surface area contributed by atoms with Gasteiger partial charge in [-0.05, 0) is 31.0 Å². The van der Waals surface area contributed by atoms with Crippen LogP contribution < -0.4 is 10.6 Å². The smallest absolute Gasteiger partial charge is 0.207 e. The van der Waals surface area contributed by atoms with Gasteiger partial charge in [-0.3, -0.25) is 4.79 Å². The molecule has 1 atom stereocenters. The molecule has 1 rings (SSSR count). The number of anilines is 1. The number of hydrogen-bond acceptors (Lipinski definition) is 2. The van der Waals surface area contributed by atoms with Crippen LogP contribution in [0.15, 0.2) is 24.3 Å². The third-order valence-electron chi connectivity index (χ3n) is 2.14. The number of hydrogen-bond donors (Lipinski definition) is 2. The fraction of sp³-hybridized carbons (Fsp3) is 0.364. The Kier molecular flexibility index (Phi) is 3.98. The average Bonchev–Trinajstić information content (AvgIpc) is 2.19. The first kappa shape index (κ1) is 10.6. The van der Waals surface area contributed by atoms with Gasteiger partial charge in [0.15, 0.2) is 0 Å². The maximum absolute atomic E-state index is 10.2. The molecule has 3 heteroatoms. The largest absolute Gasteiger partial charge is 0.388 e. The lowest BCUT2D eigenvalue weighted by atomic mass is 10.1. The SMILES string of the molecule is CNc1ccc(CC(C)NC=O)cc1. The predicted molar refractivity (Wildman–Crippen MR) is 58.4 cm³/mol. The Morgan fingerprint density at radius 3 is 2.50 bits per heavy atom. The first-order valence-electron chi connectivity index (χ1n) is 4.72. The average molecular weight is 192 g/mol. The molecule has 76 valence electrons. The second-order valence-electron chi connectivity index (χ2n) is 3.34. The molecule has 1 amide bonds. The Hall–Kier alpha value is -1.51. The zero-order valence-corrected chi connectivity index (χ0v) is 8.58. The normalized spacial score (nSPS) is 11.9. The molecule has 0 aliphatic heterocycles. The molecule has 0 saturated heterocycles. The van der Waals surface area contributed by atoms with E-state index in [2.05, 4.69) is 22.8 Å². The van der Waals surface area contributed by atoms with Gasteiger partial charge in [-0.1, -0.05) is 12.1 Å². The van der Waals surface area contributed by atoms with Crippen molar-refractivity contribution in [3.05, 3.63) is 29.8 Å². The Bertz CT molecular complexity index is 282. The second-order valence-corrected chi connectivity index (χ2v) is 3.34. The standard InChI is InChI=1S/C11H16N2O/c1-9(13-8-14)7-10-3-5-11(12-2)6-4-10/h3-6,8-9,12H,7H2,1-2H3,(H,13,14). The molecule has 3 nitrogen and oxygen atoms in total. The van der Waals surface area contributed by atoms with Gasteiger partial charge in [-0.15, -0.1) is 0 Å². The number of benzene rings is 1. The molecular weight excluding hydrogens is 176 g/mol. The highest BCUT2D eigenvalue weighted by Gasteiger charge is 2.01. The summed E-state index contributed by atoms with van der Waals surface area (Å²) in [6, 6.07) is 8.38. The van der Waals surface area contributed by atoms with E-state index in [1.165, 1.54) is 5.56 Å². The summed E-state index contributed by atoms with van der Waals surface area (Å²) in [6.07, 6.45) is 1.61. The second kappa shape index (κ2) is 5.27. The monoisotopic (exact) mass is 192 g/mol. The molecule has 0 bridgehead atoms. The van der Waals surface area contributed by atoms with Crippen molar-refractivity contribution in [2.24, 2.45) is 0 Å². The summed E-state index contributed by atoms with van der Waals surface area (Å²) in [5.74, 6) is 0. The van der Waals surface area contributed by atoms with Crippen molar-refractivity contribution in [2.45, 2.75) is 19.4 Å². The lowest BCUT2D eigenvalue weighted by molar-refractivity contribution is -0.110. The van der Waals surface area contributed by atoms with Gasteiger partial charge in [0.25, 0.3) is 0 Å². The highest BCUT2D eigenvalue weighted by molar-refractivity contribution is 5.47. The number of rotatable bonds is 5. The molecule has 0 aliphatic rings. The maximum atomic E-state index is 10.2. The van der Waals surface area contributed by atoms with Crippen LogP contribution in [0.5, 0.6) is 0 Å². The molecule has 1 aromatic rings. The first-order valence-corrected chi connectivity index (χ1v) is 4.72. The van der Waals surface area contributed by atoms with Crippen molar-refractivity contribution in [3.8, 4) is 0 Å². The third kappa shape index (κ3) is 3.09. The molecule has 0 radical (unpaired) electrons. The fourth-order valence-corrected chi connectivity index (χ4v) is 1.34. The Morgan fingerprint density at radius 1 is 1.36 bits per heavy atom. The summed E-state index contributed by atoms with van der Waals surface area (Å²) < 4.78 is 0. The van der Waals surface area contributed by atoms with Gasteiger partial charge >= 0.3 is 0 Å². The summed E-state index contributed by atoms with van der Waals surface area (Å²) in [5.41, 5.74) is 2.33. The van der Waals surface area contributed by atoms with Crippen molar-refractivity contribution in [2.75, 3.05) is 12.4 Å². The first-order chi connectivity index (χ1) is 6.76. The van der Waals surface area contributed by atoms with Crippen LogP contribution in [0.2, 0.25) is 0 Å². The van der Waals surface area contributed by atoms with Crippen LogP contribution >= 0.6 is 0 Å². The zero-order chi connectivity index (χ0) is 10.4. The molecule has 0 spiro atoms. The Balaban J connectivity index is 2.54. The highest BCUT2D eigenvalue weighted by atomic mass is 16.1. The van der Waals surface area contributed by atoms with E-state index >= 15 is 0 Å². The van der Waals surface area contributed by atoms with Gasteiger partial charge in [0.05, 0.1) is 0 Å². The third-order valence-corrected chi connectivity index (χ3v) is 2.14. The molecule has 0 aliphatic carbocycles. The molecule has 0 heterocycles. The minimum atomic E-state index is 0.188. The van der Waals surface area contributed by atoms with Gasteiger partial charge in [0, 0.05) is 18.8 Å². The molecular formula is C11H16N2O. The van der Waals surface area contributed by atoms with Gasteiger partial charge in [-0.25, -0.2) is 0 Å². The van der Waals surface area contributed by atoms with Crippen molar-refractivity contribution in [1.29, 1.82) is 0 Å². The Labute approximate surface area is 84.5 Å². The van der Waals surface area contributed by atoms with Crippen LogP contribution in [0.4, 0.5) is 5.69 Å². The van der Waals surface area contributed by atoms with Gasteiger partial charge in [0.2, 0.25) is 6.41 Å². The molecule has 14 heavy (non-hydrogen) atoms. The summed E-state index contributed by atoms with van der Waals surface area (Å²) in [7, 11) is 1.89. The van der Waals surface area contributed by atoms with Crippen LogP contribution in [0.1, 0.15) is 12.5 Å². The maximum Gasteiger partial charge on any atom is 0.207 e. The number of amides is 1. The summed E-state index contributed by atoms with van der Waals surface area (Å²) in [6.45, 7) is 1.99. The van der Waals surface area contributed by atoms with E-state index in [1.807, 2.05) is 26.1 Å². The lowest BCUT2D eigenvalue weighted by Gasteiger charge is -2.10. The summed E-state index contributed by atoms with van der Waals surface area (Å²) in [5, 5.41) is 5.79. The van der Waals surface area contributed by atoms with Crippen LogP contribution in [0, 0.1) is 0 Å². The van der Waals surface area contributed by atoms with Crippen LogP contribution in [-0.2, 0) is 11.2 Å². The van der Waals surface area contributed by atoms with E-state index in [1.54, 1.807) is 0 Å². The van der Waals surface area contributed by atoms with Crippen LogP contribution in [0.3, 0.4) is 0 Å². The van der Waals surface area contributed by atoms with E-state index in [-0.39, 0.29) is 6.04 Å². The molecule has 1 aromatic carbocycles. The van der Waals surface area contributed by atoms with Gasteiger partial charge in [-0.2, -0.15) is 0 Å². The molecule has 0 aromatic heterocycles. The minimum Gasteiger partial charge on any atom is -0.388 e. The van der Waals surface area contributed by atoms with E-state index in [0.717, 1.165) is 18.5 Å². The van der Waals surface area contributed by atoms with E-state index in [4.69, 9.17) is 0 Å². The number of carbonyl (C=O) groups excluding carboxylic acids is 1. The van der Waals surface area contributed by atoms with Crippen molar-refractivity contribution >= 4 is 12.1 Å². The number of carbonyl (C=O) groups is 1. The summed E-state index contributed by atoms with van der Waals surface area (Å²) in [4.78, 5) is 10.2. The van der Waals surface area contributed by atoms with Gasteiger partial charge in [0.1, 0.15) is 0 Å². The Morgan fingerprint density at radius 2 is 2.00 bits per heavy atom. The van der Waals surface area contributed by atoms with Crippen molar-refractivity contribution < 1.29 is 4.79 Å². The molecule has 2 N–H and O–H groups in total. The molecule has 0 fully saturated rings. The predicted octanol–water partition coefficient (Wildman–Crippen LogP) is 1.41. The van der Waals surface area contributed by atoms with E-state index in [0.29, 0.717) is 0 Å². The summed E-state index contributed by atoms with van der Waals surface area (Å²) >= 11 is 0. The van der Waals surface area contributed by atoms with Crippen molar-refractivity contribution in [1.82, 2.24) is 5.32 Å². The van der Waals surface area contributed by atoms with E-state index in [9.17, 15) is 4.79 Å². The minimum absolute atomic E-state index is 0.188. The van der Waals surface area contributed by atoms with E-state index < -0.39 is 0 Å². The molecule has 1 unspecified atom stereocenters. The van der Waals surface area contributed by atoms with Gasteiger partial charge < -0.3 is 10.6 Å². The topological polar surface area (TPSA) is 41.1 Å². The zero-order valence-electron chi connectivity index (χ0n) is 8.58. The number of nitrogens with one attached hydrogen (secondary N) is 2. The van der Waals surface area contributed by atoms with Crippen LogP contribution in [-0.4, -0.2) is 19.5 Å². The molecule has 0 saturated carbocycles. The lowest BCUT2D eigenvalue weighted by Crippen LogP contribution is -2.26. The fourth-order valence-electron chi connectivity index (χ4n) is 1.34. The quantitative estimate of drug-likeness (QED) is 0.692. The van der Waals surface area contributed by atoms with Crippen LogP contribution in [0.25, 0.3) is 0 Å².